The van der Waals surface area contributed by atoms with Crippen molar-refractivity contribution in [2.24, 2.45) is 15.6 Å². The lowest BCUT2D eigenvalue weighted by atomic mass is 9.82. The van der Waals surface area contributed by atoms with Gasteiger partial charge in [-0.3, -0.25) is 0 Å². The van der Waals surface area contributed by atoms with E-state index in [9.17, 15) is 0 Å². The van der Waals surface area contributed by atoms with Gasteiger partial charge in [0.1, 0.15) is 6.17 Å². The summed E-state index contributed by atoms with van der Waals surface area (Å²) in [5, 5.41) is 8.40. The molecule has 0 aromatic heterocycles. The Kier molecular flexibility index (Phi) is 4.19. The van der Waals surface area contributed by atoms with Crippen molar-refractivity contribution in [3.05, 3.63) is 12.4 Å². The lowest BCUT2D eigenvalue weighted by Gasteiger charge is -2.28. The summed E-state index contributed by atoms with van der Waals surface area (Å²) in [4.78, 5) is 2.37. The standard InChI is InChI=1S/C14H25N3/c1-14(2)8-4-3-7-13-16-15-10-12-17(13)11-6-5-9-14/h10,12-13H,3-9,11H2,1-2H3. The first-order valence-corrected chi connectivity index (χ1v) is 7.00. The molecule has 0 amide bonds. The second kappa shape index (κ2) is 5.65. The van der Waals surface area contributed by atoms with Crippen LogP contribution in [0.15, 0.2) is 22.6 Å². The molecule has 1 fully saturated rings. The third-order valence-electron chi connectivity index (χ3n) is 3.99. The molecule has 2 heterocycles. The van der Waals surface area contributed by atoms with Crippen LogP contribution in [-0.4, -0.2) is 17.6 Å². The molecule has 0 aliphatic carbocycles. The van der Waals surface area contributed by atoms with Gasteiger partial charge >= 0.3 is 0 Å². The molecule has 3 nitrogen and oxygen atoms in total. The predicted molar refractivity (Wildman–Crippen MR) is 70.6 cm³/mol. The van der Waals surface area contributed by atoms with Gasteiger partial charge in [0.2, 0.25) is 0 Å². The average molecular weight is 235 g/mol. The lowest BCUT2D eigenvalue weighted by Crippen LogP contribution is -2.31. The van der Waals surface area contributed by atoms with Crippen molar-refractivity contribution in [1.29, 1.82) is 0 Å². The van der Waals surface area contributed by atoms with Crippen LogP contribution in [0.25, 0.3) is 0 Å². The van der Waals surface area contributed by atoms with E-state index in [4.69, 9.17) is 0 Å². The van der Waals surface area contributed by atoms with Crippen LogP contribution in [0.4, 0.5) is 0 Å². The van der Waals surface area contributed by atoms with Gasteiger partial charge in [0.05, 0.1) is 6.20 Å². The highest BCUT2D eigenvalue weighted by Crippen LogP contribution is 2.31. The summed E-state index contributed by atoms with van der Waals surface area (Å²) in [6, 6.07) is 0. The first-order valence-electron chi connectivity index (χ1n) is 7.00. The summed E-state index contributed by atoms with van der Waals surface area (Å²) >= 11 is 0. The van der Waals surface area contributed by atoms with Crippen molar-refractivity contribution >= 4 is 0 Å². The number of nitrogens with zero attached hydrogens (tertiary/aromatic N) is 3. The predicted octanol–water partition coefficient (Wildman–Crippen LogP) is 4.32. The van der Waals surface area contributed by atoms with Crippen molar-refractivity contribution in [3.63, 3.8) is 0 Å². The molecule has 3 heteroatoms. The molecule has 0 radical (unpaired) electrons. The van der Waals surface area contributed by atoms with Gasteiger partial charge < -0.3 is 4.90 Å². The monoisotopic (exact) mass is 235 g/mol. The summed E-state index contributed by atoms with van der Waals surface area (Å²) in [5.41, 5.74) is 0.530. The Morgan fingerprint density at radius 1 is 1.12 bits per heavy atom. The van der Waals surface area contributed by atoms with Gasteiger partial charge in [-0.2, -0.15) is 10.2 Å². The van der Waals surface area contributed by atoms with Crippen LogP contribution in [-0.2, 0) is 0 Å². The van der Waals surface area contributed by atoms with Crippen LogP contribution in [0.1, 0.15) is 58.8 Å². The molecule has 0 spiro atoms. The first-order chi connectivity index (χ1) is 8.17. The SMILES string of the molecule is CC1(C)CCCCC2N=NC=CN2CCCC1. The van der Waals surface area contributed by atoms with Crippen molar-refractivity contribution < 1.29 is 0 Å². The van der Waals surface area contributed by atoms with E-state index in [0.717, 1.165) is 13.0 Å². The van der Waals surface area contributed by atoms with E-state index >= 15 is 0 Å². The Bertz CT molecular complexity index is 266. The van der Waals surface area contributed by atoms with Crippen LogP contribution in [0.5, 0.6) is 0 Å². The zero-order chi connectivity index (χ0) is 12.1. The molecule has 0 bridgehead atoms. The van der Waals surface area contributed by atoms with Gasteiger partial charge in [-0.25, -0.2) is 0 Å². The van der Waals surface area contributed by atoms with Crippen molar-refractivity contribution in [1.82, 2.24) is 4.90 Å². The fourth-order valence-corrected chi connectivity index (χ4v) is 2.80. The Labute approximate surface area is 105 Å². The third kappa shape index (κ3) is 3.83. The fourth-order valence-electron chi connectivity index (χ4n) is 2.80. The van der Waals surface area contributed by atoms with Crippen molar-refractivity contribution in [3.8, 4) is 0 Å². The van der Waals surface area contributed by atoms with Gasteiger partial charge in [0, 0.05) is 12.7 Å². The second-order valence-corrected chi connectivity index (χ2v) is 6.11. The van der Waals surface area contributed by atoms with Gasteiger partial charge in [0.25, 0.3) is 0 Å². The van der Waals surface area contributed by atoms with Gasteiger partial charge in [-0.15, -0.1) is 0 Å². The highest BCUT2D eigenvalue weighted by atomic mass is 15.3. The Balaban J connectivity index is 1.94. The zero-order valence-electron chi connectivity index (χ0n) is 11.2. The van der Waals surface area contributed by atoms with Crippen molar-refractivity contribution in [2.45, 2.75) is 65.0 Å². The first kappa shape index (κ1) is 12.6. The Hall–Kier alpha value is -0.860. The number of hydrogen-bond acceptors (Lipinski definition) is 3. The summed E-state index contributed by atoms with van der Waals surface area (Å²) < 4.78 is 0. The lowest BCUT2D eigenvalue weighted by molar-refractivity contribution is 0.245. The topological polar surface area (TPSA) is 28.0 Å². The highest BCUT2D eigenvalue weighted by Gasteiger charge is 2.21. The van der Waals surface area contributed by atoms with Crippen LogP contribution in [0.3, 0.4) is 0 Å². The molecule has 2 rings (SSSR count). The maximum absolute atomic E-state index is 4.36. The van der Waals surface area contributed by atoms with E-state index in [1.165, 1.54) is 38.5 Å². The van der Waals surface area contributed by atoms with E-state index in [0.29, 0.717) is 11.6 Å². The molecule has 0 aromatic carbocycles. The van der Waals surface area contributed by atoms with Crippen LogP contribution < -0.4 is 0 Å². The molecular formula is C14H25N3. The zero-order valence-corrected chi connectivity index (χ0v) is 11.2. The van der Waals surface area contributed by atoms with Crippen molar-refractivity contribution in [2.75, 3.05) is 6.54 Å². The molecule has 2 aliphatic rings. The minimum atomic E-state index is 0.307. The van der Waals surface area contributed by atoms with E-state index in [2.05, 4.69) is 35.2 Å². The van der Waals surface area contributed by atoms with E-state index in [1.54, 1.807) is 0 Å². The number of azo groups is 1. The number of hydrogen-bond donors (Lipinski definition) is 0. The molecule has 0 aromatic rings. The van der Waals surface area contributed by atoms with Crippen LogP contribution in [0, 0.1) is 5.41 Å². The minimum absolute atomic E-state index is 0.307. The summed E-state index contributed by atoms with van der Waals surface area (Å²) in [7, 11) is 0. The molecule has 1 atom stereocenters. The van der Waals surface area contributed by atoms with Crippen LogP contribution in [0.2, 0.25) is 0 Å². The van der Waals surface area contributed by atoms with E-state index in [-0.39, 0.29) is 0 Å². The van der Waals surface area contributed by atoms with E-state index < -0.39 is 0 Å². The van der Waals surface area contributed by atoms with Gasteiger partial charge in [-0.05, 0) is 37.5 Å². The highest BCUT2D eigenvalue weighted by molar-refractivity contribution is 4.88. The van der Waals surface area contributed by atoms with E-state index in [1.807, 2.05) is 6.20 Å². The molecule has 0 N–H and O–H groups in total. The smallest absolute Gasteiger partial charge is 0.142 e. The quantitative estimate of drug-likeness (QED) is 0.614. The second-order valence-electron chi connectivity index (χ2n) is 6.11. The normalized spacial score (nSPS) is 29.5. The minimum Gasteiger partial charge on any atom is -0.353 e. The number of fused-ring (bicyclic) bond motifs is 1. The molecular weight excluding hydrogens is 210 g/mol. The molecule has 1 unspecified atom stereocenters. The van der Waals surface area contributed by atoms with Gasteiger partial charge in [0.15, 0.2) is 0 Å². The Morgan fingerprint density at radius 3 is 2.71 bits per heavy atom. The fraction of sp³-hybridized carbons (Fsp3) is 0.857. The maximum atomic E-state index is 4.36. The van der Waals surface area contributed by atoms with Crippen LogP contribution >= 0.6 is 0 Å². The largest absolute Gasteiger partial charge is 0.353 e. The summed E-state index contributed by atoms with van der Waals surface area (Å²) in [6.45, 7) is 5.96. The summed E-state index contributed by atoms with van der Waals surface area (Å²) in [6.07, 6.45) is 13.3. The molecule has 1 saturated heterocycles. The third-order valence-corrected chi connectivity index (χ3v) is 3.99. The molecule has 96 valence electrons. The molecule has 17 heavy (non-hydrogen) atoms. The van der Waals surface area contributed by atoms with Gasteiger partial charge in [-0.1, -0.05) is 26.7 Å². The molecule has 2 aliphatic heterocycles. The number of rotatable bonds is 0. The summed E-state index contributed by atoms with van der Waals surface area (Å²) in [5.74, 6) is 0. The molecule has 0 saturated carbocycles. The average Bonchev–Trinajstić information content (AvgIpc) is 2.34. The maximum Gasteiger partial charge on any atom is 0.142 e. The Morgan fingerprint density at radius 2 is 1.88 bits per heavy atom.